The van der Waals surface area contributed by atoms with E-state index in [-0.39, 0.29) is 35.8 Å². The Labute approximate surface area is 166 Å². The van der Waals surface area contributed by atoms with E-state index in [1.54, 1.807) is 6.92 Å². The van der Waals surface area contributed by atoms with Crippen molar-refractivity contribution in [2.24, 2.45) is 5.73 Å². The maximum Gasteiger partial charge on any atom is 0.342 e. The van der Waals surface area contributed by atoms with Crippen LogP contribution in [0.2, 0.25) is 0 Å². The molecule has 0 radical (unpaired) electrons. The van der Waals surface area contributed by atoms with Crippen LogP contribution < -0.4 is 11.1 Å². The zero-order valence-corrected chi connectivity index (χ0v) is 16.5. The first-order valence-electron chi connectivity index (χ1n) is 8.98. The Morgan fingerprint density at radius 1 is 1.17 bits per heavy atom. The Morgan fingerprint density at radius 3 is 2.55 bits per heavy atom. The van der Waals surface area contributed by atoms with Gasteiger partial charge in [-0.15, -0.1) is 0 Å². The van der Waals surface area contributed by atoms with Crippen molar-refractivity contribution in [3.8, 4) is 0 Å². The summed E-state index contributed by atoms with van der Waals surface area (Å²) in [6.07, 6.45) is -0.121. The number of amides is 2. The zero-order chi connectivity index (χ0) is 21.3. The molecule has 0 atom stereocenters. The van der Waals surface area contributed by atoms with Crippen molar-refractivity contribution in [3.05, 3.63) is 45.8 Å². The van der Waals surface area contributed by atoms with Gasteiger partial charge < -0.3 is 19.4 Å². The molecule has 0 aliphatic heterocycles. The maximum atomic E-state index is 12.6. The molecule has 1 aromatic carbocycles. The molecule has 29 heavy (non-hydrogen) atoms. The summed E-state index contributed by atoms with van der Waals surface area (Å²) in [6, 6.07) is 3.80. The highest BCUT2D eigenvalue weighted by Crippen LogP contribution is 2.29. The molecule has 2 amide bonds. The number of anilines is 1. The van der Waals surface area contributed by atoms with Crippen molar-refractivity contribution in [2.75, 3.05) is 11.9 Å². The van der Waals surface area contributed by atoms with E-state index in [0.717, 1.165) is 16.5 Å². The van der Waals surface area contributed by atoms with Crippen molar-refractivity contribution in [3.63, 3.8) is 0 Å². The molecule has 0 saturated carbocycles. The largest absolute Gasteiger partial charge is 0.462 e. The molecule has 2 aromatic heterocycles. The minimum atomic E-state index is -0.918. The van der Waals surface area contributed by atoms with Gasteiger partial charge >= 0.3 is 5.97 Å². The van der Waals surface area contributed by atoms with Crippen LogP contribution in [0, 0.1) is 20.8 Å². The van der Waals surface area contributed by atoms with Gasteiger partial charge in [-0.05, 0) is 44.9 Å². The first-order valence-corrected chi connectivity index (χ1v) is 8.98. The molecule has 0 bridgehead atoms. The molecule has 0 aliphatic carbocycles. The Kier molecular flexibility index (Phi) is 5.40. The number of ether oxygens (including phenoxy) is 1. The molecule has 3 N–H and O–H groups in total. The Balaban J connectivity index is 1.89. The molecular weight excluding hydrogens is 378 g/mol. The van der Waals surface area contributed by atoms with Gasteiger partial charge in [-0.3, -0.25) is 14.9 Å². The minimum absolute atomic E-state index is 0.104. The zero-order valence-electron chi connectivity index (χ0n) is 16.5. The second-order valence-electron chi connectivity index (χ2n) is 6.63. The molecule has 152 valence electrons. The SMILES string of the molecule is CCOC(=O)c1c(C)oc(NC(=O)Cc2noc3cc(C)cc(C)c23)c1C(N)=O. The summed E-state index contributed by atoms with van der Waals surface area (Å²) in [5.41, 5.74) is 8.05. The van der Waals surface area contributed by atoms with Gasteiger partial charge in [0.15, 0.2) is 5.58 Å². The van der Waals surface area contributed by atoms with Crippen molar-refractivity contribution in [1.82, 2.24) is 5.16 Å². The summed E-state index contributed by atoms with van der Waals surface area (Å²) in [6.45, 7) is 7.06. The van der Waals surface area contributed by atoms with Gasteiger partial charge in [-0.25, -0.2) is 4.79 Å². The van der Waals surface area contributed by atoms with E-state index < -0.39 is 17.8 Å². The number of fused-ring (bicyclic) bond motifs is 1. The number of nitrogens with zero attached hydrogens (tertiary/aromatic N) is 1. The summed E-state index contributed by atoms with van der Waals surface area (Å²) >= 11 is 0. The van der Waals surface area contributed by atoms with Gasteiger partial charge in [0.1, 0.15) is 22.6 Å². The topological polar surface area (TPSA) is 138 Å². The number of furan rings is 1. The monoisotopic (exact) mass is 399 g/mol. The van der Waals surface area contributed by atoms with E-state index in [1.165, 1.54) is 6.92 Å². The first kappa shape index (κ1) is 20.1. The van der Waals surface area contributed by atoms with Gasteiger partial charge in [-0.1, -0.05) is 11.2 Å². The molecule has 0 unspecified atom stereocenters. The highest BCUT2D eigenvalue weighted by molar-refractivity contribution is 6.10. The van der Waals surface area contributed by atoms with Gasteiger partial charge in [0.25, 0.3) is 5.91 Å². The molecule has 9 nitrogen and oxygen atoms in total. The van der Waals surface area contributed by atoms with E-state index >= 15 is 0 Å². The lowest BCUT2D eigenvalue weighted by molar-refractivity contribution is -0.115. The molecule has 3 rings (SSSR count). The molecule has 9 heteroatoms. The fourth-order valence-electron chi connectivity index (χ4n) is 3.28. The number of hydrogen-bond acceptors (Lipinski definition) is 7. The number of aryl methyl sites for hydroxylation is 3. The number of carbonyl (C=O) groups excluding carboxylic acids is 3. The quantitative estimate of drug-likeness (QED) is 0.608. The molecule has 2 heterocycles. The number of benzene rings is 1. The second-order valence-corrected chi connectivity index (χ2v) is 6.63. The van der Waals surface area contributed by atoms with Crippen molar-refractivity contribution >= 4 is 34.6 Å². The smallest absolute Gasteiger partial charge is 0.342 e. The first-order chi connectivity index (χ1) is 13.7. The van der Waals surface area contributed by atoms with Crippen molar-refractivity contribution in [2.45, 2.75) is 34.1 Å². The van der Waals surface area contributed by atoms with Crippen LogP contribution in [0.5, 0.6) is 0 Å². The summed E-state index contributed by atoms with van der Waals surface area (Å²) in [5.74, 6) is -2.27. The molecule has 0 aliphatic rings. The lowest BCUT2D eigenvalue weighted by atomic mass is 10.0. The van der Waals surface area contributed by atoms with Crippen LogP contribution in [0.15, 0.2) is 21.1 Å². The Hall–Kier alpha value is -3.62. The third kappa shape index (κ3) is 3.84. The number of primary amides is 1. The normalized spacial score (nSPS) is 10.9. The highest BCUT2D eigenvalue weighted by Gasteiger charge is 2.29. The second kappa shape index (κ2) is 7.78. The van der Waals surface area contributed by atoms with Crippen LogP contribution in [0.3, 0.4) is 0 Å². The predicted molar refractivity (Wildman–Crippen MR) is 104 cm³/mol. The number of nitrogens with one attached hydrogen (secondary N) is 1. The number of esters is 1. The summed E-state index contributed by atoms with van der Waals surface area (Å²) < 4.78 is 15.7. The lowest BCUT2D eigenvalue weighted by Gasteiger charge is -2.04. The molecule has 0 fully saturated rings. The van der Waals surface area contributed by atoms with Gasteiger partial charge in [0.2, 0.25) is 11.8 Å². The number of aromatic nitrogens is 1. The predicted octanol–water partition coefficient (Wildman–Crippen LogP) is 2.80. The average molecular weight is 399 g/mol. The van der Waals surface area contributed by atoms with E-state index in [2.05, 4.69) is 10.5 Å². The van der Waals surface area contributed by atoms with E-state index in [4.69, 9.17) is 19.4 Å². The van der Waals surface area contributed by atoms with Gasteiger partial charge in [-0.2, -0.15) is 0 Å². The van der Waals surface area contributed by atoms with Crippen LogP contribution in [0.25, 0.3) is 11.0 Å². The van der Waals surface area contributed by atoms with Gasteiger partial charge in [0, 0.05) is 5.39 Å². The van der Waals surface area contributed by atoms with Gasteiger partial charge in [0.05, 0.1) is 13.0 Å². The number of nitrogens with two attached hydrogens (primary N) is 1. The highest BCUT2D eigenvalue weighted by atomic mass is 16.5. The van der Waals surface area contributed by atoms with Crippen LogP contribution >= 0.6 is 0 Å². The van der Waals surface area contributed by atoms with E-state index in [9.17, 15) is 14.4 Å². The van der Waals surface area contributed by atoms with E-state index in [0.29, 0.717) is 11.3 Å². The third-order valence-electron chi connectivity index (χ3n) is 4.38. The molecular formula is C20H21N3O6. The van der Waals surface area contributed by atoms with Crippen molar-refractivity contribution in [1.29, 1.82) is 0 Å². The molecule has 0 spiro atoms. The maximum absolute atomic E-state index is 12.6. The fourth-order valence-corrected chi connectivity index (χ4v) is 3.28. The fraction of sp³-hybridized carbons (Fsp3) is 0.300. The molecule has 3 aromatic rings. The summed E-state index contributed by atoms with van der Waals surface area (Å²) in [7, 11) is 0. The lowest BCUT2D eigenvalue weighted by Crippen LogP contribution is -2.21. The summed E-state index contributed by atoms with van der Waals surface area (Å²) in [5, 5.41) is 7.22. The van der Waals surface area contributed by atoms with E-state index in [1.807, 2.05) is 26.0 Å². The number of rotatable bonds is 6. The number of carbonyl (C=O) groups is 3. The average Bonchev–Trinajstić information content (AvgIpc) is 3.15. The third-order valence-corrected chi connectivity index (χ3v) is 4.38. The minimum Gasteiger partial charge on any atom is -0.462 e. The van der Waals surface area contributed by atoms with Crippen LogP contribution in [-0.2, 0) is 16.0 Å². The number of hydrogen-bond donors (Lipinski definition) is 2. The van der Waals surface area contributed by atoms with Crippen LogP contribution in [0.4, 0.5) is 5.88 Å². The Bertz CT molecular complexity index is 1130. The molecule has 0 saturated heterocycles. The van der Waals surface area contributed by atoms with Crippen molar-refractivity contribution < 1.29 is 28.1 Å². The Morgan fingerprint density at radius 2 is 1.90 bits per heavy atom. The standard InChI is InChI=1S/C20H21N3O6/c1-5-27-20(26)16-11(4)28-19(17(16)18(21)25)22-14(24)8-12-15-10(3)6-9(2)7-13(15)29-23-12/h6-7H,5,8H2,1-4H3,(H2,21,25)(H,22,24). The van der Waals surface area contributed by atoms with Crippen LogP contribution in [0.1, 0.15) is 50.2 Å². The summed E-state index contributed by atoms with van der Waals surface area (Å²) in [4.78, 5) is 36.6. The van der Waals surface area contributed by atoms with Crippen LogP contribution in [-0.4, -0.2) is 29.5 Å².